The number of carboxylic acid groups (broad SMARTS) is 1. The van der Waals surface area contributed by atoms with Crippen molar-refractivity contribution in [2.45, 2.75) is 13.3 Å². The largest absolute Gasteiger partial charge is 0.481 e. The molecular weight excluding hydrogens is 305 g/mol. The number of carbonyl (C=O) groups is 1. The maximum Gasteiger partial charge on any atom is 0.307 e. The van der Waals surface area contributed by atoms with Gasteiger partial charge in [-0.05, 0) is 53.9 Å². The Balaban J connectivity index is 2.33. The lowest BCUT2D eigenvalue weighted by atomic mass is 10.0. The van der Waals surface area contributed by atoms with E-state index in [-0.39, 0.29) is 12.2 Å². The number of halogens is 2. The van der Waals surface area contributed by atoms with Gasteiger partial charge in [-0.1, -0.05) is 17.7 Å². The summed E-state index contributed by atoms with van der Waals surface area (Å²) in [5.41, 5.74) is 3.78. The van der Waals surface area contributed by atoms with Crippen LogP contribution in [0.5, 0.6) is 0 Å². The lowest BCUT2D eigenvalue weighted by Crippen LogP contribution is -2.01. The molecule has 0 atom stereocenters. The van der Waals surface area contributed by atoms with Gasteiger partial charge in [0.1, 0.15) is 5.82 Å². The van der Waals surface area contributed by atoms with Crippen molar-refractivity contribution in [2.24, 2.45) is 0 Å². The number of hydrogen-bond acceptors (Lipinski definition) is 1. The Morgan fingerprint density at radius 2 is 1.91 bits per heavy atom. The number of aromatic nitrogens is 1. The van der Waals surface area contributed by atoms with Crippen LogP contribution in [0.25, 0.3) is 22.2 Å². The van der Waals surface area contributed by atoms with E-state index in [1.165, 1.54) is 12.1 Å². The highest BCUT2D eigenvalue weighted by Crippen LogP contribution is 2.36. The highest BCUT2D eigenvalue weighted by molar-refractivity contribution is 6.36. The van der Waals surface area contributed by atoms with Gasteiger partial charge in [0.25, 0.3) is 0 Å². The van der Waals surface area contributed by atoms with Crippen LogP contribution in [0, 0.1) is 12.7 Å². The van der Waals surface area contributed by atoms with Gasteiger partial charge in [0.2, 0.25) is 0 Å². The second kappa shape index (κ2) is 5.46. The predicted molar refractivity (Wildman–Crippen MR) is 84.8 cm³/mol. The summed E-state index contributed by atoms with van der Waals surface area (Å²) in [5.74, 6) is -1.28. The lowest BCUT2D eigenvalue weighted by Gasteiger charge is -2.04. The van der Waals surface area contributed by atoms with Crippen LogP contribution < -0.4 is 0 Å². The summed E-state index contributed by atoms with van der Waals surface area (Å²) in [6.45, 7) is 1.92. The average molecular weight is 318 g/mol. The van der Waals surface area contributed by atoms with Crippen molar-refractivity contribution in [3.63, 3.8) is 0 Å². The third kappa shape index (κ3) is 2.46. The third-order valence-corrected chi connectivity index (χ3v) is 3.99. The SMILES string of the molecule is Cc1ccc(Cl)c2c(CC(=O)O)c(-c3ccc(F)cc3)[nH]c12. The summed E-state index contributed by atoms with van der Waals surface area (Å²) in [5, 5.41) is 10.4. The van der Waals surface area contributed by atoms with Crippen molar-refractivity contribution < 1.29 is 14.3 Å². The fraction of sp³-hybridized carbons (Fsp3) is 0.118. The quantitative estimate of drug-likeness (QED) is 0.744. The van der Waals surface area contributed by atoms with Crippen LogP contribution in [0.3, 0.4) is 0 Å². The van der Waals surface area contributed by atoms with Gasteiger partial charge in [-0.25, -0.2) is 4.39 Å². The molecule has 112 valence electrons. The van der Waals surface area contributed by atoms with Gasteiger partial charge in [0, 0.05) is 5.39 Å². The Morgan fingerprint density at radius 3 is 2.55 bits per heavy atom. The van der Waals surface area contributed by atoms with Gasteiger partial charge < -0.3 is 10.1 Å². The molecule has 0 amide bonds. The number of nitrogens with one attached hydrogen (secondary N) is 1. The molecular formula is C17H13ClFNO2. The average Bonchev–Trinajstić information content (AvgIpc) is 2.84. The summed E-state index contributed by atoms with van der Waals surface area (Å²) in [7, 11) is 0. The highest BCUT2D eigenvalue weighted by atomic mass is 35.5. The molecule has 0 aliphatic carbocycles. The Hall–Kier alpha value is -2.33. The van der Waals surface area contributed by atoms with Crippen LogP contribution in [0.1, 0.15) is 11.1 Å². The zero-order valence-electron chi connectivity index (χ0n) is 11.8. The number of rotatable bonds is 3. The van der Waals surface area contributed by atoms with Crippen molar-refractivity contribution in [2.75, 3.05) is 0 Å². The fourth-order valence-electron chi connectivity index (χ4n) is 2.65. The number of hydrogen-bond donors (Lipinski definition) is 2. The molecule has 2 aromatic carbocycles. The molecule has 0 fully saturated rings. The molecule has 0 saturated heterocycles. The number of aryl methyl sites for hydroxylation is 1. The van der Waals surface area contributed by atoms with Gasteiger partial charge >= 0.3 is 5.97 Å². The first-order valence-corrected chi connectivity index (χ1v) is 7.12. The zero-order valence-corrected chi connectivity index (χ0v) is 12.5. The first-order chi connectivity index (χ1) is 10.5. The number of H-pyrrole nitrogens is 1. The molecule has 3 nitrogen and oxygen atoms in total. The second-order valence-corrected chi connectivity index (χ2v) is 5.58. The van der Waals surface area contributed by atoms with Crippen molar-refractivity contribution in [3.8, 4) is 11.3 Å². The van der Waals surface area contributed by atoms with E-state index in [0.717, 1.165) is 16.6 Å². The third-order valence-electron chi connectivity index (χ3n) is 3.68. The van der Waals surface area contributed by atoms with Gasteiger partial charge in [-0.2, -0.15) is 0 Å². The van der Waals surface area contributed by atoms with Gasteiger partial charge in [0.05, 0.1) is 22.7 Å². The number of fused-ring (bicyclic) bond motifs is 1. The Morgan fingerprint density at radius 1 is 1.23 bits per heavy atom. The van der Waals surface area contributed by atoms with Crippen molar-refractivity contribution >= 4 is 28.5 Å². The minimum atomic E-state index is -0.943. The molecule has 0 bridgehead atoms. The number of benzene rings is 2. The fourth-order valence-corrected chi connectivity index (χ4v) is 2.93. The highest BCUT2D eigenvalue weighted by Gasteiger charge is 2.19. The van der Waals surface area contributed by atoms with E-state index in [2.05, 4.69) is 4.98 Å². The molecule has 0 spiro atoms. The molecule has 0 radical (unpaired) electrons. The van der Waals surface area contributed by atoms with E-state index < -0.39 is 5.97 Å². The topological polar surface area (TPSA) is 53.1 Å². The summed E-state index contributed by atoms with van der Waals surface area (Å²) in [6, 6.07) is 9.57. The van der Waals surface area contributed by atoms with Gasteiger partial charge in [-0.15, -0.1) is 0 Å². The summed E-state index contributed by atoms with van der Waals surface area (Å²) >= 11 is 6.27. The van der Waals surface area contributed by atoms with E-state index >= 15 is 0 Å². The van der Waals surface area contributed by atoms with E-state index in [0.29, 0.717) is 21.7 Å². The van der Waals surface area contributed by atoms with Crippen LogP contribution in [0.2, 0.25) is 5.02 Å². The molecule has 0 aliphatic heterocycles. The lowest BCUT2D eigenvalue weighted by molar-refractivity contribution is -0.136. The van der Waals surface area contributed by atoms with Crippen LogP contribution in [-0.4, -0.2) is 16.1 Å². The summed E-state index contributed by atoms with van der Waals surface area (Å²) in [6.07, 6.45) is -0.157. The maximum absolute atomic E-state index is 13.1. The monoisotopic (exact) mass is 317 g/mol. The van der Waals surface area contributed by atoms with Gasteiger partial charge in [0.15, 0.2) is 0 Å². The first kappa shape index (κ1) is 14.6. The molecule has 0 saturated carbocycles. The Labute approximate surface area is 131 Å². The molecule has 1 aromatic heterocycles. The molecule has 0 aliphatic rings. The van der Waals surface area contributed by atoms with Crippen molar-refractivity contribution in [1.29, 1.82) is 0 Å². The smallest absolute Gasteiger partial charge is 0.307 e. The maximum atomic E-state index is 13.1. The van der Waals surface area contributed by atoms with Crippen molar-refractivity contribution in [1.82, 2.24) is 4.98 Å². The standard InChI is InChI=1S/C17H13ClFNO2/c1-9-2-7-13(18)15-12(8-14(21)22)17(20-16(9)15)10-3-5-11(19)6-4-10/h2-7,20H,8H2,1H3,(H,21,22). The minimum absolute atomic E-state index is 0.157. The summed E-state index contributed by atoms with van der Waals surface area (Å²) < 4.78 is 13.1. The second-order valence-electron chi connectivity index (χ2n) is 5.17. The van der Waals surface area contributed by atoms with Crippen LogP contribution in [0.15, 0.2) is 36.4 Å². The molecule has 2 N–H and O–H groups in total. The Bertz CT molecular complexity index is 868. The van der Waals surface area contributed by atoms with Crippen molar-refractivity contribution in [3.05, 3.63) is 58.4 Å². The van der Waals surface area contributed by atoms with Crippen LogP contribution >= 0.6 is 11.6 Å². The molecule has 22 heavy (non-hydrogen) atoms. The molecule has 3 rings (SSSR count). The van der Waals surface area contributed by atoms with E-state index in [4.69, 9.17) is 11.6 Å². The molecule has 5 heteroatoms. The van der Waals surface area contributed by atoms with E-state index in [1.807, 2.05) is 13.0 Å². The minimum Gasteiger partial charge on any atom is -0.481 e. The van der Waals surface area contributed by atoms with Crippen LogP contribution in [-0.2, 0) is 11.2 Å². The first-order valence-electron chi connectivity index (χ1n) is 6.74. The normalized spacial score (nSPS) is 11.0. The van der Waals surface area contributed by atoms with Gasteiger partial charge in [-0.3, -0.25) is 4.79 Å². The van der Waals surface area contributed by atoms with E-state index in [9.17, 15) is 14.3 Å². The predicted octanol–water partition coefficient (Wildman–Crippen LogP) is 4.56. The summed E-state index contributed by atoms with van der Waals surface area (Å²) in [4.78, 5) is 14.5. The van der Waals surface area contributed by atoms with E-state index in [1.54, 1.807) is 18.2 Å². The molecule has 0 unspecified atom stereocenters. The molecule has 1 heterocycles. The number of aromatic amines is 1. The molecule has 3 aromatic rings. The number of carboxylic acids is 1. The zero-order chi connectivity index (χ0) is 15.9. The van der Waals surface area contributed by atoms with Crippen LogP contribution in [0.4, 0.5) is 4.39 Å². The number of aliphatic carboxylic acids is 1. The Kier molecular flexibility index (Phi) is 3.62.